The molecule has 3 heteroatoms. The number of hydrogen-bond donors (Lipinski definition) is 2. The summed E-state index contributed by atoms with van der Waals surface area (Å²) in [6.45, 7) is 4.23. The van der Waals surface area contributed by atoms with Gasteiger partial charge in [0, 0.05) is 13.1 Å². The number of phenolic OH excluding ortho intramolecular Hbond substituents is 1. The molecule has 0 bridgehead atoms. The third kappa shape index (κ3) is 2.91. The van der Waals surface area contributed by atoms with E-state index < -0.39 is 0 Å². The summed E-state index contributed by atoms with van der Waals surface area (Å²) < 4.78 is 5.09. The molecule has 0 aromatic heterocycles. The van der Waals surface area contributed by atoms with Crippen molar-refractivity contribution in [2.45, 2.75) is 32.7 Å². The van der Waals surface area contributed by atoms with E-state index in [0.29, 0.717) is 11.2 Å². The fourth-order valence-electron chi connectivity index (χ4n) is 2.30. The van der Waals surface area contributed by atoms with Crippen molar-refractivity contribution in [3.63, 3.8) is 0 Å². The van der Waals surface area contributed by atoms with Crippen LogP contribution in [0.15, 0.2) is 18.2 Å². The van der Waals surface area contributed by atoms with Crippen LogP contribution in [0.1, 0.15) is 31.7 Å². The summed E-state index contributed by atoms with van der Waals surface area (Å²) >= 11 is 0. The fraction of sp³-hybridized carbons (Fsp3) is 0.571. The van der Waals surface area contributed by atoms with Gasteiger partial charge >= 0.3 is 0 Å². The SMILES string of the molecule is COc1cc(CNCC2(C)CCC2)ccc1O. The number of benzene rings is 1. The van der Waals surface area contributed by atoms with Crippen LogP contribution in [0.3, 0.4) is 0 Å². The largest absolute Gasteiger partial charge is 0.504 e. The average Bonchev–Trinajstić information content (AvgIpc) is 2.29. The maximum absolute atomic E-state index is 9.49. The van der Waals surface area contributed by atoms with Crippen LogP contribution in [-0.4, -0.2) is 18.8 Å². The summed E-state index contributed by atoms with van der Waals surface area (Å²) in [7, 11) is 1.57. The topological polar surface area (TPSA) is 41.5 Å². The molecule has 1 aromatic rings. The molecule has 0 aliphatic heterocycles. The van der Waals surface area contributed by atoms with Crippen molar-refractivity contribution in [2.24, 2.45) is 5.41 Å². The van der Waals surface area contributed by atoms with Gasteiger partial charge in [-0.15, -0.1) is 0 Å². The second-order valence-electron chi connectivity index (χ2n) is 5.27. The molecular weight excluding hydrogens is 214 g/mol. The highest BCUT2D eigenvalue weighted by Crippen LogP contribution is 2.39. The second kappa shape index (κ2) is 4.96. The fourth-order valence-corrected chi connectivity index (χ4v) is 2.30. The van der Waals surface area contributed by atoms with E-state index in [9.17, 15) is 5.11 Å². The van der Waals surface area contributed by atoms with Gasteiger partial charge in [-0.1, -0.05) is 19.4 Å². The van der Waals surface area contributed by atoms with Crippen molar-refractivity contribution < 1.29 is 9.84 Å². The van der Waals surface area contributed by atoms with Gasteiger partial charge in [-0.25, -0.2) is 0 Å². The van der Waals surface area contributed by atoms with E-state index in [0.717, 1.165) is 18.7 Å². The minimum atomic E-state index is 0.196. The molecule has 0 heterocycles. The molecule has 3 nitrogen and oxygen atoms in total. The van der Waals surface area contributed by atoms with Crippen molar-refractivity contribution in [1.82, 2.24) is 5.32 Å². The lowest BCUT2D eigenvalue weighted by Crippen LogP contribution is -2.36. The quantitative estimate of drug-likeness (QED) is 0.824. The van der Waals surface area contributed by atoms with E-state index in [4.69, 9.17) is 4.74 Å². The Balaban J connectivity index is 1.86. The Morgan fingerprint density at radius 1 is 1.41 bits per heavy atom. The maximum atomic E-state index is 9.49. The molecule has 0 unspecified atom stereocenters. The molecule has 1 aromatic carbocycles. The third-order valence-corrected chi connectivity index (χ3v) is 3.69. The molecule has 0 atom stereocenters. The van der Waals surface area contributed by atoms with Gasteiger partial charge in [0.2, 0.25) is 0 Å². The van der Waals surface area contributed by atoms with Gasteiger partial charge in [0.05, 0.1) is 7.11 Å². The van der Waals surface area contributed by atoms with Crippen LogP contribution in [0.25, 0.3) is 0 Å². The molecule has 17 heavy (non-hydrogen) atoms. The molecule has 94 valence electrons. The number of ether oxygens (including phenoxy) is 1. The lowest BCUT2D eigenvalue weighted by Gasteiger charge is -2.38. The molecule has 1 fully saturated rings. The van der Waals surface area contributed by atoms with E-state index in [-0.39, 0.29) is 5.75 Å². The highest BCUT2D eigenvalue weighted by molar-refractivity contribution is 5.41. The smallest absolute Gasteiger partial charge is 0.160 e. The van der Waals surface area contributed by atoms with Crippen LogP contribution < -0.4 is 10.1 Å². The van der Waals surface area contributed by atoms with Crippen molar-refractivity contribution in [1.29, 1.82) is 0 Å². The highest BCUT2D eigenvalue weighted by atomic mass is 16.5. The molecule has 1 aliphatic rings. The zero-order valence-corrected chi connectivity index (χ0v) is 10.6. The molecule has 2 rings (SSSR count). The number of hydrogen-bond acceptors (Lipinski definition) is 3. The molecule has 1 aliphatic carbocycles. The molecule has 2 N–H and O–H groups in total. The number of rotatable bonds is 5. The predicted octanol–water partition coefficient (Wildman–Crippen LogP) is 2.68. The Hall–Kier alpha value is -1.22. The first-order chi connectivity index (χ1) is 8.13. The summed E-state index contributed by atoms with van der Waals surface area (Å²) in [6.07, 6.45) is 4.03. The van der Waals surface area contributed by atoms with Crippen molar-refractivity contribution in [2.75, 3.05) is 13.7 Å². The highest BCUT2D eigenvalue weighted by Gasteiger charge is 2.30. The first-order valence-electron chi connectivity index (χ1n) is 6.20. The van der Waals surface area contributed by atoms with Crippen molar-refractivity contribution in [3.8, 4) is 11.5 Å². The molecule has 0 spiro atoms. The summed E-state index contributed by atoms with van der Waals surface area (Å²) in [6, 6.07) is 5.49. The van der Waals surface area contributed by atoms with E-state index >= 15 is 0 Å². The van der Waals surface area contributed by atoms with Gasteiger partial charge in [0.25, 0.3) is 0 Å². The minimum absolute atomic E-state index is 0.196. The predicted molar refractivity (Wildman–Crippen MR) is 68.3 cm³/mol. The van der Waals surface area contributed by atoms with Gasteiger partial charge in [-0.05, 0) is 36.0 Å². The Morgan fingerprint density at radius 3 is 2.76 bits per heavy atom. The third-order valence-electron chi connectivity index (χ3n) is 3.69. The van der Waals surface area contributed by atoms with Gasteiger partial charge in [0.1, 0.15) is 0 Å². The van der Waals surface area contributed by atoms with Gasteiger partial charge in [-0.2, -0.15) is 0 Å². The van der Waals surface area contributed by atoms with Crippen molar-refractivity contribution >= 4 is 0 Å². The first-order valence-corrected chi connectivity index (χ1v) is 6.20. The Kier molecular flexibility index (Phi) is 3.57. The van der Waals surface area contributed by atoms with Crippen LogP contribution in [0.4, 0.5) is 0 Å². The minimum Gasteiger partial charge on any atom is -0.504 e. The normalized spacial score (nSPS) is 17.5. The summed E-state index contributed by atoms with van der Waals surface area (Å²) in [5.41, 5.74) is 1.64. The summed E-state index contributed by atoms with van der Waals surface area (Å²) in [5, 5.41) is 13.0. The van der Waals surface area contributed by atoms with Gasteiger partial charge < -0.3 is 15.2 Å². The Labute approximate surface area is 103 Å². The summed E-state index contributed by atoms with van der Waals surface area (Å²) in [4.78, 5) is 0. The average molecular weight is 235 g/mol. The molecule has 0 radical (unpaired) electrons. The number of phenols is 1. The maximum Gasteiger partial charge on any atom is 0.160 e. The monoisotopic (exact) mass is 235 g/mol. The number of nitrogens with one attached hydrogen (secondary N) is 1. The lowest BCUT2D eigenvalue weighted by atomic mass is 9.70. The first kappa shape index (κ1) is 12.2. The van der Waals surface area contributed by atoms with Gasteiger partial charge in [0.15, 0.2) is 11.5 Å². The molecule has 0 amide bonds. The van der Waals surface area contributed by atoms with Crippen molar-refractivity contribution in [3.05, 3.63) is 23.8 Å². The zero-order valence-electron chi connectivity index (χ0n) is 10.6. The molecule has 0 saturated heterocycles. The van der Waals surface area contributed by atoms with E-state index in [1.165, 1.54) is 19.3 Å². The lowest BCUT2D eigenvalue weighted by molar-refractivity contribution is 0.156. The molecule has 1 saturated carbocycles. The van der Waals surface area contributed by atoms with E-state index in [1.54, 1.807) is 13.2 Å². The van der Waals surface area contributed by atoms with Crippen LogP contribution in [0.5, 0.6) is 11.5 Å². The van der Waals surface area contributed by atoms with Crippen LogP contribution in [-0.2, 0) is 6.54 Å². The van der Waals surface area contributed by atoms with Crippen LogP contribution >= 0.6 is 0 Å². The second-order valence-corrected chi connectivity index (χ2v) is 5.27. The number of aromatic hydroxyl groups is 1. The Morgan fingerprint density at radius 2 is 2.18 bits per heavy atom. The van der Waals surface area contributed by atoms with Gasteiger partial charge in [-0.3, -0.25) is 0 Å². The molecular formula is C14H21NO2. The summed E-state index contributed by atoms with van der Waals surface area (Å²) in [5.74, 6) is 0.737. The van der Waals surface area contributed by atoms with E-state index in [1.807, 2.05) is 12.1 Å². The standard InChI is InChI=1S/C14H21NO2/c1-14(6-3-7-14)10-15-9-11-4-5-12(16)13(8-11)17-2/h4-5,8,15-16H,3,6-7,9-10H2,1-2H3. The number of methoxy groups -OCH3 is 1. The Bertz CT molecular complexity index is 386. The zero-order chi connectivity index (χ0) is 12.3. The van der Waals surface area contributed by atoms with Crippen LogP contribution in [0, 0.1) is 5.41 Å². The van der Waals surface area contributed by atoms with E-state index in [2.05, 4.69) is 12.2 Å². The van der Waals surface area contributed by atoms with Crippen LogP contribution in [0.2, 0.25) is 0 Å².